The number of benzene rings is 1. The van der Waals surface area contributed by atoms with Crippen LogP contribution >= 0.6 is 12.2 Å². The molecule has 5 heteroatoms. The normalized spacial score (nSPS) is 12.8. The first-order chi connectivity index (χ1) is 11.2. The van der Waals surface area contributed by atoms with Gasteiger partial charge in [0, 0.05) is 31.5 Å². The largest absolute Gasteiger partial charge is 0.371 e. The summed E-state index contributed by atoms with van der Waals surface area (Å²) in [5, 5.41) is 7.00. The molecule has 1 aliphatic rings. The lowest BCUT2D eigenvalue weighted by Gasteiger charge is -2.19. The van der Waals surface area contributed by atoms with Crippen molar-refractivity contribution in [2.45, 2.75) is 19.8 Å². The molecular weight excluding hydrogens is 304 g/mol. The molecule has 0 unspecified atom stereocenters. The Morgan fingerprint density at radius 2 is 2.17 bits per heavy atom. The monoisotopic (exact) mass is 326 g/mol. The average Bonchev–Trinajstić information content (AvgIpc) is 2.95. The molecule has 2 heterocycles. The van der Waals surface area contributed by atoms with E-state index < -0.39 is 0 Å². The van der Waals surface area contributed by atoms with E-state index in [-0.39, 0.29) is 0 Å². The summed E-state index contributed by atoms with van der Waals surface area (Å²) in [6, 6.07) is 12.6. The summed E-state index contributed by atoms with van der Waals surface area (Å²) in [6.45, 7) is 5.07. The maximum Gasteiger partial charge on any atom is 0.171 e. The molecule has 23 heavy (non-hydrogen) atoms. The van der Waals surface area contributed by atoms with Crippen LogP contribution < -0.4 is 15.5 Å². The van der Waals surface area contributed by atoms with Crippen molar-refractivity contribution in [3.8, 4) is 0 Å². The number of aryl methyl sites for hydroxylation is 1. The highest BCUT2D eigenvalue weighted by Gasteiger charge is 2.17. The molecule has 0 saturated carbocycles. The highest BCUT2D eigenvalue weighted by atomic mass is 32.1. The molecule has 2 aromatic rings. The van der Waals surface area contributed by atoms with E-state index >= 15 is 0 Å². The molecule has 0 amide bonds. The number of anilines is 2. The van der Waals surface area contributed by atoms with Crippen molar-refractivity contribution in [3.05, 3.63) is 53.7 Å². The number of nitrogens with one attached hydrogen (secondary N) is 2. The van der Waals surface area contributed by atoms with Crippen LogP contribution in [0.4, 0.5) is 11.5 Å². The summed E-state index contributed by atoms with van der Waals surface area (Å²) < 4.78 is 0. The quantitative estimate of drug-likeness (QED) is 0.652. The van der Waals surface area contributed by atoms with Gasteiger partial charge in [0.05, 0.1) is 0 Å². The van der Waals surface area contributed by atoms with Gasteiger partial charge in [0.15, 0.2) is 5.11 Å². The van der Waals surface area contributed by atoms with Crippen LogP contribution in [0.1, 0.15) is 17.5 Å². The van der Waals surface area contributed by atoms with Crippen LogP contribution in [0.3, 0.4) is 0 Å². The van der Waals surface area contributed by atoms with E-state index in [9.17, 15) is 0 Å². The molecule has 0 spiro atoms. The number of hydrogen-bond donors (Lipinski definition) is 2. The first-order valence-corrected chi connectivity index (χ1v) is 8.43. The summed E-state index contributed by atoms with van der Waals surface area (Å²) in [6.07, 6.45) is 3.99. The molecule has 120 valence electrons. The standard InChI is InChI=1S/C18H22N4S/c1-14-7-10-19-17(13-14)21-18(23)20-9-4-11-22-12-8-15-5-2-3-6-16(15)22/h2-3,5-7,10,13H,4,8-9,11-12H2,1H3,(H2,19,20,21,23). The molecule has 0 aliphatic carbocycles. The zero-order valence-electron chi connectivity index (χ0n) is 13.4. The van der Waals surface area contributed by atoms with Crippen molar-refractivity contribution in [2.75, 3.05) is 29.9 Å². The number of thiocarbonyl (C=S) groups is 1. The third-order valence-electron chi connectivity index (χ3n) is 4.03. The third kappa shape index (κ3) is 4.20. The fraction of sp³-hybridized carbons (Fsp3) is 0.333. The molecule has 1 aromatic heterocycles. The van der Waals surface area contributed by atoms with Crippen LogP contribution in [-0.4, -0.2) is 29.7 Å². The number of para-hydroxylation sites is 1. The van der Waals surface area contributed by atoms with Gasteiger partial charge in [0.25, 0.3) is 0 Å². The topological polar surface area (TPSA) is 40.2 Å². The van der Waals surface area contributed by atoms with Crippen molar-refractivity contribution in [2.24, 2.45) is 0 Å². The molecule has 1 aliphatic heterocycles. The predicted molar refractivity (Wildman–Crippen MR) is 100 cm³/mol. The molecule has 2 N–H and O–H groups in total. The lowest BCUT2D eigenvalue weighted by atomic mass is 10.2. The van der Waals surface area contributed by atoms with Crippen molar-refractivity contribution >= 4 is 28.8 Å². The minimum absolute atomic E-state index is 0.630. The minimum atomic E-state index is 0.630. The second kappa shape index (κ2) is 7.42. The van der Waals surface area contributed by atoms with Gasteiger partial charge in [-0.1, -0.05) is 18.2 Å². The molecule has 0 fully saturated rings. The van der Waals surface area contributed by atoms with E-state index in [1.165, 1.54) is 11.3 Å². The van der Waals surface area contributed by atoms with Gasteiger partial charge in [-0.3, -0.25) is 0 Å². The smallest absolute Gasteiger partial charge is 0.171 e. The van der Waals surface area contributed by atoms with Gasteiger partial charge in [-0.2, -0.15) is 0 Å². The van der Waals surface area contributed by atoms with Gasteiger partial charge in [0.2, 0.25) is 0 Å². The summed E-state index contributed by atoms with van der Waals surface area (Å²) in [5.74, 6) is 0.788. The fourth-order valence-electron chi connectivity index (χ4n) is 2.88. The first-order valence-electron chi connectivity index (χ1n) is 8.03. The summed E-state index contributed by atoms with van der Waals surface area (Å²) >= 11 is 5.31. The lowest BCUT2D eigenvalue weighted by Crippen LogP contribution is -2.32. The Bertz CT molecular complexity index is 686. The van der Waals surface area contributed by atoms with Crippen LogP contribution in [0.5, 0.6) is 0 Å². The Morgan fingerprint density at radius 1 is 1.30 bits per heavy atom. The Balaban J connectivity index is 1.40. The van der Waals surface area contributed by atoms with Gasteiger partial charge in [0.1, 0.15) is 5.82 Å². The van der Waals surface area contributed by atoms with Gasteiger partial charge < -0.3 is 15.5 Å². The highest BCUT2D eigenvalue weighted by Crippen LogP contribution is 2.27. The zero-order chi connectivity index (χ0) is 16.1. The highest BCUT2D eigenvalue weighted by molar-refractivity contribution is 7.80. The summed E-state index contributed by atoms with van der Waals surface area (Å²) in [4.78, 5) is 6.70. The molecular formula is C18H22N4S. The van der Waals surface area contributed by atoms with Crippen LogP contribution in [0.25, 0.3) is 0 Å². The maximum absolute atomic E-state index is 5.31. The van der Waals surface area contributed by atoms with E-state index in [2.05, 4.69) is 44.8 Å². The predicted octanol–water partition coefficient (Wildman–Crippen LogP) is 3.13. The molecule has 4 nitrogen and oxygen atoms in total. The molecule has 0 radical (unpaired) electrons. The van der Waals surface area contributed by atoms with Gasteiger partial charge in [-0.25, -0.2) is 4.98 Å². The Labute approximate surface area is 142 Å². The van der Waals surface area contributed by atoms with Crippen molar-refractivity contribution < 1.29 is 0 Å². The van der Waals surface area contributed by atoms with Crippen LogP contribution in [0, 0.1) is 6.92 Å². The fourth-order valence-corrected chi connectivity index (χ4v) is 3.08. The van der Waals surface area contributed by atoms with Gasteiger partial charge in [-0.05, 0) is 61.3 Å². The third-order valence-corrected chi connectivity index (χ3v) is 4.28. The number of pyridine rings is 1. The molecule has 0 bridgehead atoms. The van der Waals surface area contributed by atoms with Crippen molar-refractivity contribution in [3.63, 3.8) is 0 Å². The summed E-state index contributed by atoms with van der Waals surface area (Å²) in [5.41, 5.74) is 4.01. The Kier molecular flexibility index (Phi) is 5.08. The number of nitrogens with zero attached hydrogens (tertiary/aromatic N) is 2. The molecule has 3 rings (SSSR count). The lowest BCUT2D eigenvalue weighted by molar-refractivity contribution is 0.730. The summed E-state index contributed by atoms with van der Waals surface area (Å²) in [7, 11) is 0. The maximum atomic E-state index is 5.31. The van der Waals surface area contributed by atoms with Gasteiger partial charge >= 0.3 is 0 Å². The van der Waals surface area contributed by atoms with E-state index in [1.807, 2.05) is 19.1 Å². The number of rotatable bonds is 5. The van der Waals surface area contributed by atoms with E-state index in [4.69, 9.17) is 12.2 Å². The second-order valence-electron chi connectivity index (χ2n) is 5.82. The van der Waals surface area contributed by atoms with Crippen molar-refractivity contribution in [1.29, 1.82) is 0 Å². The van der Waals surface area contributed by atoms with E-state index in [1.54, 1.807) is 6.20 Å². The van der Waals surface area contributed by atoms with E-state index in [0.29, 0.717) is 5.11 Å². The van der Waals surface area contributed by atoms with Crippen LogP contribution in [0.15, 0.2) is 42.6 Å². The van der Waals surface area contributed by atoms with Crippen LogP contribution in [-0.2, 0) is 6.42 Å². The Morgan fingerprint density at radius 3 is 3.04 bits per heavy atom. The molecule has 0 saturated heterocycles. The SMILES string of the molecule is Cc1ccnc(NC(=S)NCCCN2CCc3ccccc32)c1. The van der Waals surface area contributed by atoms with E-state index in [0.717, 1.165) is 43.9 Å². The first kappa shape index (κ1) is 15.7. The average molecular weight is 326 g/mol. The molecule has 1 aromatic carbocycles. The zero-order valence-corrected chi connectivity index (χ0v) is 14.2. The number of hydrogen-bond acceptors (Lipinski definition) is 3. The van der Waals surface area contributed by atoms with Gasteiger partial charge in [-0.15, -0.1) is 0 Å². The Hall–Kier alpha value is -2.14. The minimum Gasteiger partial charge on any atom is -0.371 e. The van der Waals surface area contributed by atoms with Crippen LogP contribution in [0.2, 0.25) is 0 Å². The number of fused-ring (bicyclic) bond motifs is 1. The number of aromatic nitrogens is 1. The molecule has 0 atom stereocenters. The van der Waals surface area contributed by atoms with Crippen molar-refractivity contribution in [1.82, 2.24) is 10.3 Å². The second-order valence-corrected chi connectivity index (χ2v) is 6.23.